The number of benzene rings is 2. The Labute approximate surface area is 200 Å². The van der Waals surface area contributed by atoms with Gasteiger partial charge in [0.1, 0.15) is 11.5 Å². The Morgan fingerprint density at radius 2 is 1.91 bits per heavy atom. The van der Waals surface area contributed by atoms with Gasteiger partial charge in [-0.05, 0) is 42.5 Å². The molecular formula is C24H22Cl2F2N4O. The van der Waals surface area contributed by atoms with Crippen LogP contribution in [0.1, 0.15) is 34.7 Å². The van der Waals surface area contributed by atoms with Gasteiger partial charge in [-0.1, -0.05) is 41.4 Å². The number of piperazine rings is 1. The Morgan fingerprint density at radius 3 is 2.67 bits per heavy atom. The van der Waals surface area contributed by atoms with E-state index in [0.717, 1.165) is 37.7 Å². The Hall–Kier alpha value is -2.48. The minimum absolute atomic E-state index is 0.152. The molecule has 5 rings (SSSR count). The average Bonchev–Trinajstić information content (AvgIpc) is 3.25. The minimum atomic E-state index is -0.519. The van der Waals surface area contributed by atoms with E-state index in [1.165, 1.54) is 6.07 Å². The van der Waals surface area contributed by atoms with E-state index in [1.54, 1.807) is 24.3 Å². The number of aromatic nitrogens is 2. The Morgan fingerprint density at radius 1 is 1.06 bits per heavy atom. The van der Waals surface area contributed by atoms with Crippen LogP contribution in [0.3, 0.4) is 0 Å². The van der Waals surface area contributed by atoms with Crippen LogP contribution < -0.4 is 0 Å². The van der Waals surface area contributed by atoms with Crippen molar-refractivity contribution in [3.63, 3.8) is 0 Å². The first kappa shape index (κ1) is 22.3. The van der Waals surface area contributed by atoms with Gasteiger partial charge >= 0.3 is 0 Å². The molecule has 0 radical (unpaired) electrons. The van der Waals surface area contributed by atoms with Crippen LogP contribution in [-0.4, -0.2) is 58.1 Å². The van der Waals surface area contributed by atoms with Gasteiger partial charge < -0.3 is 4.90 Å². The highest BCUT2D eigenvalue weighted by Crippen LogP contribution is 2.35. The SMILES string of the molecule is O=C(c1cccc(-c2[nH]ncc2F)c1Cl)N1CCN2C[C@@H](c3ccc(F)c(Cl)c3)CC[C@@H]2C1. The quantitative estimate of drug-likeness (QED) is 0.537. The van der Waals surface area contributed by atoms with Crippen LogP contribution in [0.4, 0.5) is 8.78 Å². The molecule has 2 saturated heterocycles. The molecule has 1 aromatic heterocycles. The van der Waals surface area contributed by atoms with Crippen LogP contribution in [-0.2, 0) is 0 Å². The van der Waals surface area contributed by atoms with Crippen molar-refractivity contribution in [3.05, 3.63) is 75.4 Å². The number of piperidine rings is 1. The van der Waals surface area contributed by atoms with Crippen molar-refractivity contribution in [2.24, 2.45) is 0 Å². The standard InChI is InChI=1S/C24H22Cl2F2N4O/c25-19-10-14(5-7-20(19)27)15-4-6-16-13-32(9-8-31(16)12-15)24(33)18-3-1-2-17(22(18)26)23-21(28)11-29-30-23/h1-3,5,7,10-11,15-16H,4,6,8-9,12-13H2,(H,29,30)/t15-,16+/m0/s1. The van der Waals surface area contributed by atoms with Gasteiger partial charge in [0.15, 0.2) is 5.82 Å². The largest absolute Gasteiger partial charge is 0.336 e. The maximum Gasteiger partial charge on any atom is 0.255 e. The fourth-order valence-corrected chi connectivity index (χ4v) is 5.41. The molecule has 0 spiro atoms. The summed E-state index contributed by atoms with van der Waals surface area (Å²) in [4.78, 5) is 17.5. The van der Waals surface area contributed by atoms with Crippen LogP contribution in [0.15, 0.2) is 42.6 Å². The van der Waals surface area contributed by atoms with E-state index < -0.39 is 11.6 Å². The molecule has 172 valence electrons. The first-order valence-corrected chi connectivity index (χ1v) is 11.6. The third-order valence-corrected chi connectivity index (χ3v) is 7.40. The van der Waals surface area contributed by atoms with E-state index in [-0.39, 0.29) is 33.6 Å². The summed E-state index contributed by atoms with van der Waals surface area (Å²) in [7, 11) is 0. The van der Waals surface area contributed by atoms with Gasteiger partial charge in [0.05, 0.1) is 21.8 Å². The molecule has 9 heteroatoms. The minimum Gasteiger partial charge on any atom is -0.336 e. The number of carbonyl (C=O) groups excluding carboxylic acids is 1. The third kappa shape index (κ3) is 4.25. The summed E-state index contributed by atoms with van der Waals surface area (Å²) in [6, 6.07) is 10.2. The molecule has 33 heavy (non-hydrogen) atoms. The number of nitrogens with one attached hydrogen (secondary N) is 1. The molecular weight excluding hydrogens is 469 g/mol. The Kier molecular flexibility index (Phi) is 6.12. The van der Waals surface area contributed by atoms with Gasteiger partial charge in [0.2, 0.25) is 0 Å². The van der Waals surface area contributed by atoms with Crippen LogP contribution >= 0.6 is 23.2 Å². The van der Waals surface area contributed by atoms with Crippen LogP contribution in [0, 0.1) is 11.6 Å². The molecule has 0 bridgehead atoms. The molecule has 3 aromatic rings. The maximum atomic E-state index is 14.0. The van der Waals surface area contributed by atoms with E-state index >= 15 is 0 Å². The third-order valence-electron chi connectivity index (χ3n) is 6.70. The summed E-state index contributed by atoms with van der Waals surface area (Å²) < 4.78 is 27.5. The lowest BCUT2D eigenvalue weighted by molar-refractivity contribution is 0.0329. The number of halogens is 4. The smallest absolute Gasteiger partial charge is 0.255 e. The lowest BCUT2D eigenvalue weighted by Gasteiger charge is -2.46. The maximum absolute atomic E-state index is 14.0. The van der Waals surface area contributed by atoms with E-state index in [2.05, 4.69) is 15.1 Å². The van der Waals surface area contributed by atoms with Gasteiger partial charge in [-0.25, -0.2) is 8.78 Å². The lowest BCUT2D eigenvalue weighted by atomic mass is 9.86. The first-order valence-electron chi connectivity index (χ1n) is 10.9. The van der Waals surface area contributed by atoms with Crippen LogP contribution in [0.5, 0.6) is 0 Å². The second kappa shape index (κ2) is 9.05. The van der Waals surface area contributed by atoms with Crippen molar-refractivity contribution in [1.29, 1.82) is 0 Å². The highest BCUT2D eigenvalue weighted by Gasteiger charge is 2.35. The number of nitrogens with zero attached hydrogens (tertiary/aromatic N) is 3. The average molecular weight is 491 g/mol. The second-order valence-electron chi connectivity index (χ2n) is 8.61. The zero-order chi connectivity index (χ0) is 23.1. The van der Waals surface area contributed by atoms with Gasteiger partial charge in [0.25, 0.3) is 5.91 Å². The fourth-order valence-electron chi connectivity index (χ4n) is 4.92. The number of hydrogen-bond acceptors (Lipinski definition) is 3. The van der Waals surface area contributed by atoms with E-state index in [1.807, 2.05) is 11.0 Å². The molecule has 1 N–H and O–H groups in total. The Bertz CT molecular complexity index is 1200. The molecule has 2 aliphatic heterocycles. The zero-order valence-corrected chi connectivity index (χ0v) is 19.2. The first-order chi connectivity index (χ1) is 15.9. The lowest BCUT2D eigenvalue weighted by Crippen LogP contribution is -2.57. The monoisotopic (exact) mass is 490 g/mol. The second-order valence-corrected chi connectivity index (χ2v) is 9.39. The van der Waals surface area contributed by atoms with Crippen molar-refractivity contribution in [3.8, 4) is 11.3 Å². The van der Waals surface area contributed by atoms with E-state index in [4.69, 9.17) is 23.2 Å². The molecule has 2 fully saturated rings. The number of fused-ring (bicyclic) bond motifs is 1. The van der Waals surface area contributed by atoms with E-state index in [0.29, 0.717) is 24.2 Å². The summed E-state index contributed by atoms with van der Waals surface area (Å²) in [5.74, 6) is -0.792. The Balaban J connectivity index is 1.29. The predicted octanol–water partition coefficient (Wildman–Crippen LogP) is 5.37. The summed E-state index contributed by atoms with van der Waals surface area (Å²) >= 11 is 12.5. The van der Waals surface area contributed by atoms with Crippen molar-refractivity contribution in [2.75, 3.05) is 26.2 Å². The van der Waals surface area contributed by atoms with Crippen molar-refractivity contribution >= 4 is 29.1 Å². The number of rotatable bonds is 3. The summed E-state index contributed by atoms with van der Waals surface area (Å²) in [5, 5.41) is 6.66. The van der Waals surface area contributed by atoms with Gasteiger partial charge in [-0.2, -0.15) is 5.10 Å². The van der Waals surface area contributed by atoms with Crippen molar-refractivity contribution in [2.45, 2.75) is 24.8 Å². The molecule has 2 aliphatic rings. The summed E-state index contributed by atoms with van der Waals surface area (Å²) in [5.41, 5.74) is 1.98. The molecule has 5 nitrogen and oxygen atoms in total. The van der Waals surface area contributed by atoms with Crippen molar-refractivity contribution < 1.29 is 13.6 Å². The topological polar surface area (TPSA) is 52.2 Å². The van der Waals surface area contributed by atoms with Gasteiger partial charge in [0, 0.05) is 37.8 Å². The molecule has 3 heterocycles. The number of hydrogen-bond donors (Lipinski definition) is 1. The molecule has 0 aliphatic carbocycles. The number of H-pyrrole nitrogens is 1. The van der Waals surface area contributed by atoms with Crippen molar-refractivity contribution in [1.82, 2.24) is 20.0 Å². The van der Waals surface area contributed by atoms with E-state index in [9.17, 15) is 13.6 Å². The molecule has 0 saturated carbocycles. The van der Waals surface area contributed by atoms with Gasteiger partial charge in [-0.3, -0.25) is 14.8 Å². The number of aromatic amines is 1. The molecule has 2 aromatic carbocycles. The molecule has 2 atom stereocenters. The normalized spacial score (nSPS) is 21.2. The van der Waals surface area contributed by atoms with Crippen LogP contribution in [0.2, 0.25) is 10.0 Å². The number of carbonyl (C=O) groups is 1. The highest BCUT2D eigenvalue weighted by atomic mass is 35.5. The number of amides is 1. The fraction of sp³-hybridized carbons (Fsp3) is 0.333. The zero-order valence-electron chi connectivity index (χ0n) is 17.7. The predicted molar refractivity (Wildman–Crippen MR) is 124 cm³/mol. The summed E-state index contributed by atoms with van der Waals surface area (Å²) in [6.45, 7) is 2.78. The van der Waals surface area contributed by atoms with Gasteiger partial charge in [-0.15, -0.1) is 0 Å². The van der Waals surface area contributed by atoms with Crippen LogP contribution in [0.25, 0.3) is 11.3 Å². The highest BCUT2D eigenvalue weighted by molar-refractivity contribution is 6.36. The molecule has 0 unspecified atom stereocenters. The molecule has 1 amide bonds. The summed E-state index contributed by atoms with van der Waals surface area (Å²) in [6.07, 6.45) is 2.95.